The molecule has 0 saturated carbocycles. The molecule has 2 unspecified atom stereocenters. The Morgan fingerprint density at radius 2 is 2.29 bits per heavy atom. The van der Waals surface area contributed by atoms with E-state index in [1.807, 2.05) is 19.2 Å². The van der Waals surface area contributed by atoms with Crippen LogP contribution in [0.25, 0.3) is 0 Å². The average Bonchev–Trinajstić information content (AvgIpc) is 2.76. The number of rotatable bonds is 0. The van der Waals surface area contributed by atoms with Crippen molar-refractivity contribution in [3.8, 4) is 0 Å². The summed E-state index contributed by atoms with van der Waals surface area (Å²) in [5.74, 6) is -0.0772. The second-order valence-corrected chi connectivity index (χ2v) is 4.91. The minimum atomic E-state index is -0.105. The zero-order valence-corrected chi connectivity index (χ0v) is 10.2. The van der Waals surface area contributed by atoms with Crippen molar-refractivity contribution < 1.29 is 9.53 Å². The van der Waals surface area contributed by atoms with Gasteiger partial charge in [-0.05, 0) is 18.2 Å². The summed E-state index contributed by atoms with van der Waals surface area (Å²) in [7, 11) is 1.97. The molecule has 0 aromatic heterocycles. The second-order valence-electron chi connectivity index (χ2n) is 4.47. The van der Waals surface area contributed by atoms with Crippen molar-refractivity contribution >= 4 is 28.9 Å². The second kappa shape index (κ2) is 3.89. The summed E-state index contributed by atoms with van der Waals surface area (Å²) in [6.07, 6.45) is 0. The lowest BCUT2D eigenvalue weighted by Gasteiger charge is -2.26. The van der Waals surface area contributed by atoms with E-state index in [4.69, 9.17) is 16.3 Å². The molecule has 4 nitrogen and oxygen atoms in total. The normalized spacial score (nSPS) is 27.2. The van der Waals surface area contributed by atoms with Crippen LogP contribution in [0.4, 0.5) is 11.4 Å². The van der Waals surface area contributed by atoms with Gasteiger partial charge in [0.15, 0.2) is 0 Å². The van der Waals surface area contributed by atoms with E-state index in [1.54, 1.807) is 6.07 Å². The van der Waals surface area contributed by atoms with Crippen LogP contribution in [0.2, 0.25) is 5.02 Å². The van der Waals surface area contributed by atoms with Crippen molar-refractivity contribution in [2.45, 2.75) is 6.04 Å². The molecule has 90 valence electrons. The van der Waals surface area contributed by atoms with Gasteiger partial charge in [-0.1, -0.05) is 11.6 Å². The maximum Gasteiger partial charge on any atom is 0.232 e. The van der Waals surface area contributed by atoms with Crippen molar-refractivity contribution in [2.75, 3.05) is 30.5 Å². The first-order valence-corrected chi connectivity index (χ1v) is 5.95. The maximum absolute atomic E-state index is 12.0. The minimum absolute atomic E-state index is 0.0282. The van der Waals surface area contributed by atoms with E-state index in [2.05, 4.69) is 10.2 Å². The van der Waals surface area contributed by atoms with E-state index < -0.39 is 0 Å². The first-order valence-electron chi connectivity index (χ1n) is 5.58. The fraction of sp³-hybridized carbons (Fsp3) is 0.417. The van der Waals surface area contributed by atoms with Crippen molar-refractivity contribution in [3.05, 3.63) is 23.2 Å². The number of hydrogen-bond acceptors (Lipinski definition) is 3. The fourth-order valence-electron chi connectivity index (χ4n) is 2.48. The number of fused-ring (bicyclic) bond motifs is 2. The Morgan fingerprint density at radius 1 is 1.47 bits per heavy atom. The molecule has 0 radical (unpaired) electrons. The number of ether oxygens (including phenoxy) is 1. The zero-order chi connectivity index (χ0) is 12.0. The molecular formula is C12H13ClN2O2. The van der Waals surface area contributed by atoms with Crippen LogP contribution in [-0.2, 0) is 9.53 Å². The molecule has 1 fully saturated rings. The third kappa shape index (κ3) is 1.68. The molecule has 1 amide bonds. The molecular weight excluding hydrogens is 240 g/mol. The number of anilines is 2. The first kappa shape index (κ1) is 10.9. The van der Waals surface area contributed by atoms with E-state index in [0.717, 1.165) is 11.4 Å². The highest BCUT2D eigenvalue weighted by molar-refractivity contribution is 6.31. The van der Waals surface area contributed by atoms with Crippen LogP contribution in [0.15, 0.2) is 18.2 Å². The SMILES string of the molecule is CN1c2cc(Cl)ccc2NC(=O)C2COCC21. The summed E-state index contributed by atoms with van der Waals surface area (Å²) < 4.78 is 5.40. The van der Waals surface area contributed by atoms with Gasteiger partial charge in [0.2, 0.25) is 5.91 Å². The molecule has 3 rings (SSSR count). The summed E-state index contributed by atoms with van der Waals surface area (Å²) in [4.78, 5) is 14.1. The molecule has 1 N–H and O–H groups in total. The van der Waals surface area contributed by atoms with E-state index in [-0.39, 0.29) is 17.9 Å². The number of carbonyl (C=O) groups excluding carboxylic acids is 1. The lowest BCUT2D eigenvalue weighted by Crippen LogP contribution is -2.40. The van der Waals surface area contributed by atoms with Gasteiger partial charge in [-0.25, -0.2) is 0 Å². The monoisotopic (exact) mass is 252 g/mol. The number of nitrogens with one attached hydrogen (secondary N) is 1. The van der Waals surface area contributed by atoms with Gasteiger partial charge in [-0.2, -0.15) is 0 Å². The fourth-order valence-corrected chi connectivity index (χ4v) is 2.65. The molecule has 1 saturated heterocycles. The Labute approximate surface area is 104 Å². The van der Waals surface area contributed by atoms with Gasteiger partial charge in [0.25, 0.3) is 0 Å². The smallest absolute Gasteiger partial charge is 0.232 e. The van der Waals surface area contributed by atoms with Gasteiger partial charge in [0.05, 0.1) is 36.5 Å². The highest BCUT2D eigenvalue weighted by Crippen LogP contribution is 2.36. The molecule has 2 aliphatic heterocycles. The number of likely N-dealkylation sites (N-methyl/N-ethyl adjacent to an activating group) is 1. The Hall–Kier alpha value is -1.26. The number of halogens is 1. The topological polar surface area (TPSA) is 41.6 Å². The third-order valence-corrected chi connectivity index (χ3v) is 3.72. The van der Waals surface area contributed by atoms with E-state index >= 15 is 0 Å². The largest absolute Gasteiger partial charge is 0.378 e. The summed E-state index contributed by atoms with van der Waals surface area (Å²) >= 11 is 6.00. The van der Waals surface area contributed by atoms with Crippen molar-refractivity contribution in [2.24, 2.45) is 5.92 Å². The predicted molar refractivity (Wildman–Crippen MR) is 66.6 cm³/mol. The van der Waals surface area contributed by atoms with E-state index in [1.165, 1.54) is 0 Å². The minimum Gasteiger partial charge on any atom is -0.378 e. The van der Waals surface area contributed by atoms with Gasteiger partial charge in [-0.3, -0.25) is 4.79 Å². The maximum atomic E-state index is 12.0. The molecule has 17 heavy (non-hydrogen) atoms. The number of hydrogen-bond donors (Lipinski definition) is 1. The van der Waals surface area contributed by atoms with Gasteiger partial charge in [0.1, 0.15) is 0 Å². The molecule has 0 spiro atoms. The summed E-state index contributed by atoms with van der Waals surface area (Å²) in [5, 5.41) is 3.60. The van der Waals surface area contributed by atoms with Crippen LogP contribution in [0.3, 0.4) is 0 Å². The van der Waals surface area contributed by atoms with E-state index in [0.29, 0.717) is 18.2 Å². The molecule has 1 aromatic carbocycles. The van der Waals surface area contributed by atoms with Crippen molar-refractivity contribution in [3.63, 3.8) is 0 Å². The van der Waals surface area contributed by atoms with E-state index in [9.17, 15) is 4.79 Å². The summed E-state index contributed by atoms with van der Waals surface area (Å²) in [6.45, 7) is 1.07. The van der Waals surface area contributed by atoms with Gasteiger partial charge in [-0.15, -0.1) is 0 Å². The zero-order valence-electron chi connectivity index (χ0n) is 9.44. The first-order chi connectivity index (χ1) is 8.16. The summed E-state index contributed by atoms with van der Waals surface area (Å²) in [5.41, 5.74) is 1.76. The number of nitrogens with zero attached hydrogens (tertiary/aromatic N) is 1. The Morgan fingerprint density at radius 3 is 3.12 bits per heavy atom. The molecule has 2 heterocycles. The molecule has 0 bridgehead atoms. The quantitative estimate of drug-likeness (QED) is 0.765. The molecule has 2 aliphatic rings. The Bertz CT molecular complexity index is 478. The molecule has 2 atom stereocenters. The Balaban J connectivity index is 2.09. The van der Waals surface area contributed by atoms with Crippen molar-refractivity contribution in [1.82, 2.24) is 0 Å². The van der Waals surface area contributed by atoms with Crippen LogP contribution in [0.5, 0.6) is 0 Å². The molecule has 0 aliphatic carbocycles. The third-order valence-electron chi connectivity index (χ3n) is 3.48. The van der Waals surface area contributed by atoms with Gasteiger partial charge < -0.3 is 15.0 Å². The van der Waals surface area contributed by atoms with Crippen LogP contribution < -0.4 is 10.2 Å². The lowest BCUT2D eigenvalue weighted by atomic mass is 10.0. The van der Waals surface area contributed by atoms with Crippen LogP contribution in [0.1, 0.15) is 0 Å². The number of benzene rings is 1. The van der Waals surface area contributed by atoms with Crippen LogP contribution in [0, 0.1) is 5.92 Å². The van der Waals surface area contributed by atoms with Crippen LogP contribution in [-0.4, -0.2) is 32.2 Å². The highest BCUT2D eigenvalue weighted by atomic mass is 35.5. The molecule has 1 aromatic rings. The molecule has 5 heteroatoms. The van der Waals surface area contributed by atoms with Crippen LogP contribution >= 0.6 is 11.6 Å². The predicted octanol–water partition coefficient (Wildman–Crippen LogP) is 1.74. The lowest BCUT2D eigenvalue weighted by molar-refractivity contribution is -0.120. The number of carbonyl (C=O) groups is 1. The number of amides is 1. The average molecular weight is 253 g/mol. The van der Waals surface area contributed by atoms with Crippen molar-refractivity contribution in [1.29, 1.82) is 0 Å². The summed E-state index contributed by atoms with van der Waals surface area (Å²) in [6, 6.07) is 5.59. The van der Waals surface area contributed by atoms with Gasteiger partial charge in [0, 0.05) is 12.1 Å². The Kier molecular flexibility index (Phi) is 2.49. The highest BCUT2D eigenvalue weighted by Gasteiger charge is 2.39. The standard InChI is InChI=1S/C12H13ClN2O2/c1-15-10-4-7(13)2-3-9(10)14-12(16)8-5-17-6-11(8)15/h2-4,8,11H,5-6H2,1H3,(H,14,16). The van der Waals surface area contributed by atoms with Gasteiger partial charge >= 0.3 is 0 Å².